The lowest BCUT2D eigenvalue weighted by atomic mass is 10.1. The lowest BCUT2D eigenvalue weighted by Gasteiger charge is -2.13. The molecule has 0 radical (unpaired) electrons. The standard InChI is InChI=1S/C23H25ClFN5O4/c1-2-26-22(31)17-6-7-20(21(13-17)34-11-10-33-9-8-25)30-15-19(28-29-30)23(32)27-14-16-4-3-5-18(24)12-16/h3-7,12-13,15H,2,8-11,14H2,1H3,(H,26,31)(H,27,32). The summed E-state index contributed by atoms with van der Waals surface area (Å²) in [6.45, 7) is 2.27. The first-order valence-corrected chi connectivity index (χ1v) is 11.0. The molecule has 0 aliphatic rings. The normalized spacial score (nSPS) is 10.7. The predicted molar refractivity (Wildman–Crippen MR) is 124 cm³/mol. The van der Waals surface area contributed by atoms with Gasteiger partial charge < -0.3 is 20.1 Å². The zero-order valence-electron chi connectivity index (χ0n) is 18.6. The largest absolute Gasteiger partial charge is 0.489 e. The Bertz CT molecular complexity index is 1120. The summed E-state index contributed by atoms with van der Waals surface area (Å²) in [7, 11) is 0. The number of carbonyl (C=O) groups excluding carboxylic acids is 2. The minimum atomic E-state index is -0.584. The lowest BCUT2D eigenvalue weighted by Crippen LogP contribution is -2.23. The second kappa shape index (κ2) is 12.7. The SMILES string of the molecule is CCNC(=O)c1ccc(-n2cc(C(=O)NCc3cccc(Cl)c3)nn2)c(OCCOCCF)c1. The van der Waals surface area contributed by atoms with Gasteiger partial charge in [-0.25, -0.2) is 9.07 Å². The number of aromatic nitrogens is 3. The maximum absolute atomic E-state index is 12.5. The summed E-state index contributed by atoms with van der Waals surface area (Å²) in [6.07, 6.45) is 1.46. The molecule has 3 rings (SSSR count). The van der Waals surface area contributed by atoms with Crippen molar-refractivity contribution in [3.05, 3.63) is 70.5 Å². The van der Waals surface area contributed by atoms with Gasteiger partial charge in [0.05, 0.1) is 19.4 Å². The lowest BCUT2D eigenvalue weighted by molar-refractivity contribution is 0.0894. The van der Waals surface area contributed by atoms with Crippen molar-refractivity contribution in [1.29, 1.82) is 0 Å². The molecule has 0 bridgehead atoms. The molecule has 0 fully saturated rings. The first-order chi connectivity index (χ1) is 16.5. The van der Waals surface area contributed by atoms with E-state index in [9.17, 15) is 14.0 Å². The van der Waals surface area contributed by atoms with Crippen LogP contribution in [-0.2, 0) is 11.3 Å². The van der Waals surface area contributed by atoms with Crippen molar-refractivity contribution >= 4 is 23.4 Å². The van der Waals surface area contributed by atoms with E-state index in [0.717, 1.165) is 5.56 Å². The van der Waals surface area contributed by atoms with Crippen LogP contribution in [-0.4, -0.2) is 59.8 Å². The monoisotopic (exact) mass is 489 g/mol. The van der Waals surface area contributed by atoms with Gasteiger partial charge in [0.1, 0.15) is 24.7 Å². The van der Waals surface area contributed by atoms with E-state index in [1.54, 1.807) is 36.4 Å². The topological polar surface area (TPSA) is 107 Å². The highest BCUT2D eigenvalue weighted by atomic mass is 35.5. The van der Waals surface area contributed by atoms with Crippen LogP contribution in [0.2, 0.25) is 5.02 Å². The summed E-state index contributed by atoms with van der Waals surface area (Å²) in [5.41, 5.74) is 1.82. The van der Waals surface area contributed by atoms with E-state index in [1.807, 2.05) is 13.0 Å². The van der Waals surface area contributed by atoms with Crippen LogP contribution >= 0.6 is 11.6 Å². The van der Waals surface area contributed by atoms with Gasteiger partial charge >= 0.3 is 0 Å². The van der Waals surface area contributed by atoms with Crippen molar-refractivity contribution in [2.75, 3.05) is 33.0 Å². The summed E-state index contributed by atoms with van der Waals surface area (Å²) in [5, 5.41) is 14.0. The van der Waals surface area contributed by atoms with Gasteiger partial charge in [0.25, 0.3) is 11.8 Å². The van der Waals surface area contributed by atoms with Crippen LogP contribution in [0, 0.1) is 0 Å². The van der Waals surface area contributed by atoms with Gasteiger partial charge in [0, 0.05) is 23.7 Å². The summed E-state index contributed by atoms with van der Waals surface area (Å²) in [6, 6.07) is 12.0. The highest BCUT2D eigenvalue weighted by molar-refractivity contribution is 6.30. The van der Waals surface area contributed by atoms with Crippen molar-refractivity contribution in [1.82, 2.24) is 25.6 Å². The smallest absolute Gasteiger partial charge is 0.273 e. The molecule has 0 aliphatic heterocycles. The number of carbonyl (C=O) groups is 2. The molecule has 2 amide bonds. The first kappa shape index (κ1) is 25.1. The molecule has 34 heavy (non-hydrogen) atoms. The van der Waals surface area contributed by atoms with E-state index in [-0.39, 0.29) is 38.0 Å². The fourth-order valence-corrected chi connectivity index (χ4v) is 3.21. The molecule has 0 unspecified atom stereocenters. The zero-order chi connectivity index (χ0) is 24.3. The van der Waals surface area contributed by atoms with Crippen LogP contribution in [0.3, 0.4) is 0 Å². The number of nitrogens with one attached hydrogen (secondary N) is 2. The molecule has 0 saturated heterocycles. The van der Waals surface area contributed by atoms with Crippen LogP contribution in [0.5, 0.6) is 5.75 Å². The Hall–Kier alpha value is -3.50. The van der Waals surface area contributed by atoms with E-state index >= 15 is 0 Å². The van der Waals surface area contributed by atoms with Crippen molar-refractivity contribution in [2.24, 2.45) is 0 Å². The minimum absolute atomic E-state index is 0.0219. The molecular weight excluding hydrogens is 465 g/mol. The van der Waals surface area contributed by atoms with Gasteiger partial charge in [-0.2, -0.15) is 0 Å². The molecule has 1 aromatic heterocycles. The molecule has 1 heterocycles. The van der Waals surface area contributed by atoms with Crippen molar-refractivity contribution in [3.63, 3.8) is 0 Å². The fraction of sp³-hybridized carbons (Fsp3) is 0.304. The molecule has 11 heteroatoms. The average Bonchev–Trinajstić information content (AvgIpc) is 3.33. The number of amides is 2. The number of nitrogens with zero attached hydrogens (tertiary/aromatic N) is 3. The number of alkyl halides is 1. The summed E-state index contributed by atoms with van der Waals surface area (Å²) in [4.78, 5) is 24.8. The first-order valence-electron chi connectivity index (χ1n) is 10.7. The predicted octanol–water partition coefficient (Wildman–Crippen LogP) is 2.97. The molecule has 9 nitrogen and oxygen atoms in total. The van der Waals surface area contributed by atoms with E-state index in [1.165, 1.54) is 10.9 Å². The van der Waals surface area contributed by atoms with Crippen LogP contribution in [0.1, 0.15) is 33.3 Å². The Morgan fingerprint density at radius 3 is 2.71 bits per heavy atom. The van der Waals surface area contributed by atoms with E-state index in [0.29, 0.717) is 28.6 Å². The second-order valence-corrected chi connectivity index (χ2v) is 7.49. The second-order valence-electron chi connectivity index (χ2n) is 7.05. The number of benzene rings is 2. The Morgan fingerprint density at radius 1 is 1.09 bits per heavy atom. The van der Waals surface area contributed by atoms with Gasteiger partial charge in [0.15, 0.2) is 5.69 Å². The average molecular weight is 490 g/mol. The van der Waals surface area contributed by atoms with Crippen LogP contribution < -0.4 is 15.4 Å². The summed E-state index contributed by atoms with van der Waals surface area (Å²) in [5.74, 6) is -0.331. The van der Waals surface area contributed by atoms with Gasteiger partial charge in [-0.05, 0) is 42.8 Å². The Kier molecular flexibility index (Phi) is 9.36. The van der Waals surface area contributed by atoms with E-state index < -0.39 is 12.6 Å². The van der Waals surface area contributed by atoms with Gasteiger partial charge in [-0.15, -0.1) is 5.10 Å². The highest BCUT2D eigenvalue weighted by Crippen LogP contribution is 2.24. The fourth-order valence-electron chi connectivity index (χ4n) is 3.00. The molecule has 0 aliphatic carbocycles. The van der Waals surface area contributed by atoms with Gasteiger partial charge in [-0.1, -0.05) is 28.9 Å². The third-order valence-electron chi connectivity index (χ3n) is 4.58. The number of hydrogen-bond acceptors (Lipinski definition) is 6. The minimum Gasteiger partial charge on any atom is -0.489 e. The maximum atomic E-state index is 12.5. The van der Waals surface area contributed by atoms with Crippen LogP contribution in [0.25, 0.3) is 5.69 Å². The van der Waals surface area contributed by atoms with Gasteiger partial charge in [-0.3, -0.25) is 9.59 Å². The molecule has 180 valence electrons. The molecule has 0 saturated carbocycles. The molecule has 2 aromatic carbocycles. The number of ether oxygens (including phenoxy) is 2. The van der Waals surface area contributed by atoms with Crippen LogP contribution in [0.4, 0.5) is 4.39 Å². The molecule has 3 aromatic rings. The van der Waals surface area contributed by atoms with Crippen molar-refractivity contribution in [2.45, 2.75) is 13.5 Å². The Balaban J connectivity index is 1.75. The number of hydrogen-bond donors (Lipinski definition) is 2. The van der Waals surface area contributed by atoms with E-state index in [2.05, 4.69) is 20.9 Å². The molecule has 2 N–H and O–H groups in total. The zero-order valence-corrected chi connectivity index (χ0v) is 19.3. The molecular formula is C23H25ClFN5O4. The van der Waals surface area contributed by atoms with Crippen molar-refractivity contribution in [3.8, 4) is 11.4 Å². The van der Waals surface area contributed by atoms with Crippen LogP contribution in [0.15, 0.2) is 48.7 Å². The maximum Gasteiger partial charge on any atom is 0.273 e. The molecule has 0 spiro atoms. The summed E-state index contributed by atoms with van der Waals surface area (Å²) < 4.78 is 24.5. The van der Waals surface area contributed by atoms with E-state index in [4.69, 9.17) is 21.1 Å². The Morgan fingerprint density at radius 2 is 1.94 bits per heavy atom. The number of halogens is 2. The number of rotatable bonds is 12. The highest BCUT2D eigenvalue weighted by Gasteiger charge is 2.16. The summed E-state index contributed by atoms with van der Waals surface area (Å²) >= 11 is 5.97. The Labute approximate surface area is 201 Å². The molecule has 0 atom stereocenters. The third-order valence-corrected chi connectivity index (χ3v) is 4.82. The third kappa shape index (κ3) is 7.00. The van der Waals surface area contributed by atoms with Crippen molar-refractivity contribution < 1.29 is 23.5 Å². The van der Waals surface area contributed by atoms with Gasteiger partial charge in [0.2, 0.25) is 0 Å². The quantitative estimate of drug-likeness (QED) is 0.379.